The van der Waals surface area contributed by atoms with Crippen molar-refractivity contribution in [1.82, 2.24) is 9.88 Å². The predicted molar refractivity (Wildman–Crippen MR) is 83.2 cm³/mol. The summed E-state index contributed by atoms with van der Waals surface area (Å²) in [7, 11) is 0. The predicted octanol–water partition coefficient (Wildman–Crippen LogP) is 3.38. The Morgan fingerprint density at radius 1 is 1.25 bits per heavy atom. The molecule has 0 amide bonds. The van der Waals surface area contributed by atoms with Crippen LogP contribution in [0, 0.1) is 0 Å². The molecule has 0 N–H and O–H groups in total. The number of rotatable bonds is 4. The summed E-state index contributed by atoms with van der Waals surface area (Å²) in [5.74, 6) is 0.474. The number of hydrogen-bond donors (Lipinski definition) is 0. The van der Waals surface area contributed by atoms with Gasteiger partial charge in [-0.15, -0.1) is 22.9 Å². The number of morpholine rings is 1. The average molecular weight is 309 g/mol. The Labute approximate surface area is 128 Å². The molecule has 5 heteroatoms. The summed E-state index contributed by atoms with van der Waals surface area (Å²) in [5.41, 5.74) is 3.50. The lowest BCUT2D eigenvalue weighted by Crippen LogP contribution is -2.35. The molecule has 0 spiro atoms. The minimum Gasteiger partial charge on any atom is -0.379 e. The topological polar surface area (TPSA) is 25.4 Å². The van der Waals surface area contributed by atoms with Crippen LogP contribution in [-0.2, 0) is 17.2 Å². The third-order valence-corrected chi connectivity index (χ3v) is 4.63. The van der Waals surface area contributed by atoms with Crippen LogP contribution in [-0.4, -0.2) is 36.2 Å². The Morgan fingerprint density at radius 2 is 2.05 bits per heavy atom. The van der Waals surface area contributed by atoms with E-state index in [0.717, 1.165) is 43.5 Å². The zero-order valence-electron chi connectivity index (χ0n) is 11.2. The van der Waals surface area contributed by atoms with Gasteiger partial charge in [0.2, 0.25) is 0 Å². The van der Waals surface area contributed by atoms with Gasteiger partial charge in [-0.25, -0.2) is 4.98 Å². The largest absolute Gasteiger partial charge is 0.379 e. The quantitative estimate of drug-likeness (QED) is 0.810. The van der Waals surface area contributed by atoms with Gasteiger partial charge in [0, 0.05) is 30.6 Å². The summed E-state index contributed by atoms with van der Waals surface area (Å²) in [6, 6.07) is 8.49. The standard InChI is InChI=1S/C15H17ClN2OS/c16-9-13-11-20-15(17-13)14-4-2-1-3-12(14)10-18-5-7-19-8-6-18/h1-4,11H,5-10H2. The van der Waals surface area contributed by atoms with Crippen molar-refractivity contribution in [3.05, 3.63) is 40.9 Å². The summed E-state index contributed by atoms with van der Waals surface area (Å²) in [5, 5.41) is 3.10. The van der Waals surface area contributed by atoms with Crippen molar-refractivity contribution in [2.75, 3.05) is 26.3 Å². The molecule has 1 fully saturated rings. The number of thiazole rings is 1. The van der Waals surface area contributed by atoms with Crippen LogP contribution < -0.4 is 0 Å². The van der Waals surface area contributed by atoms with Crippen LogP contribution in [0.25, 0.3) is 10.6 Å². The molecule has 3 nitrogen and oxygen atoms in total. The van der Waals surface area contributed by atoms with E-state index in [1.165, 1.54) is 11.1 Å². The van der Waals surface area contributed by atoms with Crippen LogP contribution >= 0.6 is 22.9 Å². The van der Waals surface area contributed by atoms with Gasteiger partial charge >= 0.3 is 0 Å². The van der Waals surface area contributed by atoms with Crippen LogP contribution in [0.4, 0.5) is 0 Å². The van der Waals surface area contributed by atoms with Crippen molar-refractivity contribution < 1.29 is 4.74 Å². The molecule has 3 rings (SSSR count). The van der Waals surface area contributed by atoms with Crippen molar-refractivity contribution in [2.24, 2.45) is 0 Å². The Balaban J connectivity index is 1.83. The molecule has 1 saturated heterocycles. The molecule has 0 saturated carbocycles. The minimum atomic E-state index is 0.474. The maximum absolute atomic E-state index is 5.85. The van der Waals surface area contributed by atoms with Crippen LogP contribution in [0.5, 0.6) is 0 Å². The number of halogens is 1. The monoisotopic (exact) mass is 308 g/mol. The molecular formula is C15H17ClN2OS. The van der Waals surface area contributed by atoms with Crippen LogP contribution in [0.2, 0.25) is 0 Å². The Bertz CT molecular complexity index is 567. The number of hydrogen-bond acceptors (Lipinski definition) is 4. The number of alkyl halides is 1. The first-order valence-corrected chi connectivity index (χ1v) is 8.17. The molecule has 20 heavy (non-hydrogen) atoms. The first kappa shape index (κ1) is 14.0. The highest BCUT2D eigenvalue weighted by Gasteiger charge is 2.14. The Morgan fingerprint density at radius 3 is 2.80 bits per heavy atom. The highest BCUT2D eigenvalue weighted by molar-refractivity contribution is 7.13. The van der Waals surface area contributed by atoms with Gasteiger partial charge in [-0.1, -0.05) is 24.3 Å². The molecule has 106 valence electrons. The Kier molecular flexibility index (Phi) is 4.68. The normalized spacial score (nSPS) is 16.4. The maximum Gasteiger partial charge on any atom is 0.123 e. The van der Waals surface area contributed by atoms with E-state index in [1.54, 1.807) is 11.3 Å². The van der Waals surface area contributed by atoms with Crippen molar-refractivity contribution >= 4 is 22.9 Å². The second-order valence-corrected chi connectivity index (χ2v) is 5.95. The zero-order valence-corrected chi connectivity index (χ0v) is 12.8. The van der Waals surface area contributed by atoms with E-state index in [-0.39, 0.29) is 0 Å². The van der Waals surface area contributed by atoms with Crippen molar-refractivity contribution in [1.29, 1.82) is 0 Å². The highest BCUT2D eigenvalue weighted by atomic mass is 35.5. The highest BCUT2D eigenvalue weighted by Crippen LogP contribution is 2.28. The first-order chi connectivity index (χ1) is 9.86. The molecule has 1 aromatic heterocycles. The summed E-state index contributed by atoms with van der Waals surface area (Å²) < 4.78 is 5.40. The lowest BCUT2D eigenvalue weighted by molar-refractivity contribution is 0.0342. The van der Waals surface area contributed by atoms with Crippen LogP contribution in [0.1, 0.15) is 11.3 Å². The Hall–Kier alpha value is -0.940. The summed E-state index contributed by atoms with van der Waals surface area (Å²) in [4.78, 5) is 7.03. The fourth-order valence-corrected chi connectivity index (χ4v) is 3.47. The molecule has 1 aliphatic rings. The number of ether oxygens (including phenoxy) is 1. The molecule has 2 heterocycles. The smallest absolute Gasteiger partial charge is 0.123 e. The summed E-state index contributed by atoms with van der Waals surface area (Å²) in [6.07, 6.45) is 0. The average Bonchev–Trinajstić information content (AvgIpc) is 2.98. The number of benzene rings is 1. The third-order valence-electron chi connectivity index (χ3n) is 3.43. The molecule has 0 aliphatic carbocycles. The van der Waals surface area contributed by atoms with E-state index < -0.39 is 0 Å². The van der Waals surface area contributed by atoms with Gasteiger partial charge in [-0.3, -0.25) is 4.90 Å². The molecule has 1 aromatic carbocycles. The van der Waals surface area contributed by atoms with E-state index in [2.05, 4.69) is 34.1 Å². The zero-order chi connectivity index (χ0) is 13.8. The molecule has 0 atom stereocenters. The summed E-state index contributed by atoms with van der Waals surface area (Å²) >= 11 is 7.51. The third kappa shape index (κ3) is 3.20. The maximum atomic E-state index is 5.85. The van der Waals surface area contributed by atoms with E-state index >= 15 is 0 Å². The molecular weight excluding hydrogens is 292 g/mol. The van der Waals surface area contributed by atoms with Gasteiger partial charge in [0.1, 0.15) is 5.01 Å². The lowest BCUT2D eigenvalue weighted by Gasteiger charge is -2.27. The van der Waals surface area contributed by atoms with E-state index in [9.17, 15) is 0 Å². The van der Waals surface area contributed by atoms with E-state index in [1.807, 2.05) is 5.38 Å². The van der Waals surface area contributed by atoms with Gasteiger partial charge < -0.3 is 4.74 Å². The molecule has 2 aromatic rings. The molecule has 0 radical (unpaired) electrons. The van der Waals surface area contributed by atoms with Crippen LogP contribution in [0.15, 0.2) is 29.6 Å². The fraction of sp³-hybridized carbons (Fsp3) is 0.400. The van der Waals surface area contributed by atoms with Crippen molar-refractivity contribution in [3.8, 4) is 10.6 Å². The van der Waals surface area contributed by atoms with Crippen LogP contribution in [0.3, 0.4) is 0 Å². The van der Waals surface area contributed by atoms with E-state index in [0.29, 0.717) is 5.88 Å². The second kappa shape index (κ2) is 6.68. The number of aromatic nitrogens is 1. The molecule has 0 bridgehead atoms. The summed E-state index contributed by atoms with van der Waals surface area (Å²) in [6.45, 7) is 4.61. The van der Waals surface area contributed by atoms with Gasteiger partial charge in [0.25, 0.3) is 0 Å². The van der Waals surface area contributed by atoms with Gasteiger partial charge in [-0.2, -0.15) is 0 Å². The molecule has 1 aliphatic heterocycles. The second-order valence-electron chi connectivity index (χ2n) is 4.82. The minimum absolute atomic E-state index is 0.474. The van der Waals surface area contributed by atoms with Gasteiger partial charge in [0.15, 0.2) is 0 Å². The number of nitrogens with zero attached hydrogens (tertiary/aromatic N) is 2. The van der Waals surface area contributed by atoms with Gasteiger partial charge in [0.05, 0.1) is 24.8 Å². The first-order valence-electron chi connectivity index (χ1n) is 6.75. The van der Waals surface area contributed by atoms with E-state index in [4.69, 9.17) is 16.3 Å². The van der Waals surface area contributed by atoms with Gasteiger partial charge in [-0.05, 0) is 5.56 Å². The fourth-order valence-electron chi connectivity index (χ4n) is 2.36. The molecule has 0 unspecified atom stereocenters. The lowest BCUT2D eigenvalue weighted by atomic mass is 10.1. The van der Waals surface area contributed by atoms with Crippen molar-refractivity contribution in [2.45, 2.75) is 12.4 Å². The van der Waals surface area contributed by atoms with Crippen molar-refractivity contribution in [3.63, 3.8) is 0 Å². The SMILES string of the molecule is ClCc1csc(-c2ccccc2CN2CCOCC2)n1.